The number of nitrogens with one attached hydrogen (secondary N) is 1. The van der Waals surface area contributed by atoms with Gasteiger partial charge in [0.1, 0.15) is 5.82 Å². The van der Waals surface area contributed by atoms with Crippen molar-refractivity contribution in [2.75, 3.05) is 5.32 Å². The first-order chi connectivity index (χ1) is 9.88. The molecule has 7 heteroatoms. The minimum absolute atomic E-state index is 0.00647. The van der Waals surface area contributed by atoms with Gasteiger partial charge in [-0.1, -0.05) is 17.7 Å². The molecule has 0 bridgehead atoms. The molecule has 0 aliphatic carbocycles. The number of halogens is 3. The summed E-state index contributed by atoms with van der Waals surface area (Å²) in [6, 6.07) is 8.65. The van der Waals surface area contributed by atoms with Gasteiger partial charge in [0.2, 0.25) is 0 Å². The summed E-state index contributed by atoms with van der Waals surface area (Å²) in [5.41, 5.74) is 1.43. The lowest BCUT2D eigenvalue weighted by Crippen LogP contribution is -2.07. The summed E-state index contributed by atoms with van der Waals surface area (Å²) in [6.45, 7) is 1.87. The molecule has 0 amide bonds. The quantitative estimate of drug-likeness (QED) is 0.582. The zero-order valence-corrected chi connectivity index (χ0v) is 13.3. The molecule has 2 aromatic carbocycles. The van der Waals surface area contributed by atoms with Crippen LogP contribution in [0, 0.1) is 15.9 Å². The monoisotopic (exact) mass is 372 g/mol. The molecule has 0 aliphatic heterocycles. The van der Waals surface area contributed by atoms with Crippen molar-refractivity contribution in [1.29, 1.82) is 0 Å². The van der Waals surface area contributed by atoms with E-state index in [-0.39, 0.29) is 11.7 Å². The van der Waals surface area contributed by atoms with Crippen molar-refractivity contribution in [2.24, 2.45) is 0 Å². The fourth-order valence-corrected chi connectivity index (χ4v) is 2.78. The molecular weight excluding hydrogens is 363 g/mol. The van der Waals surface area contributed by atoms with Gasteiger partial charge in [-0.05, 0) is 52.7 Å². The van der Waals surface area contributed by atoms with Crippen LogP contribution in [0.2, 0.25) is 5.02 Å². The molecule has 0 heterocycles. The normalized spacial score (nSPS) is 12.0. The predicted molar refractivity (Wildman–Crippen MR) is 84.2 cm³/mol. The lowest BCUT2D eigenvalue weighted by atomic mass is 10.1. The minimum Gasteiger partial charge on any atom is -0.378 e. The van der Waals surface area contributed by atoms with Gasteiger partial charge in [0.25, 0.3) is 5.69 Å². The molecule has 4 nitrogen and oxygen atoms in total. The van der Waals surface area contributed by atoms with Crippen LogP contribution in [-0.2, 0) is 0 Å². The van der Waals surface area contributed by atoms with Gasteiger partial charge < -0.3 is 5.32 Å². The Morgan fingerprint density at radius 1 is 1.33 bits per heavy atom. The van der Waals surface area contributed by atoms with Gasteiger partial charge in [-0.25, -0.2) is 4.39 Å². The molecule has 0 saturated carbocycles. The summed E-state index contributed by atoms with van der Waals surface area (Å²) < 4.78 is 13.4. The Kier molecular flexibility index (Phi) is 4.80. The van der Waals surface area contributed by atoms with Crippen LogP contribution in [0.5, 0.6) is 0 Å². The third kappa shape index (κ3) is 3.71. The number of nitrogens with zero attached hydrogens (tertiary/aromatic N) is 1. The first kappa shape index (κ1) is 15.7. The molecule has 0 aromatic heterocycles. The van der Waals surface area contributed by atoms with Gasteiger partial charge in [-0.3, -0.25) is 10.1 Å². The first-order valence-corrected chi connectivity index (χ1v) is 7.21. The van der Waals surface area contributed by atoms with E-state index in [0.717, 1.165) is 5.56 Å². The van der Waals surface area contributed by atoms with Gasteiger partial charge >= 0.3 is 0 Å². The van der Waals surface area contributed by atoms with Crippen molar-refractivity contribution >= 4 is 38.9 Å². The van der Waals surface area contributed by atoms with Crippen molar-refractivity contribution in [3.05, 3.63) is 67.4 Å². The van der Waals surface area contributed by atoms with E-state index < -0.39 is 10.7 Å². The number of nitro groups is 1. The maximum absolute atomic E-state index is 13.0. The fraction of sp³-hybridized carbons (Fsp3) is 0.143. The molecule has 2 aromatic rings. The zero-order chi connectivity index (χ0) is 15.6. The van der Waals surface area contributed by atoms with Crippen molar-refractivity contribution < 1.29 is 9.31 Å². The van der Waals surface area contributed by atoms with Gasteiger partial charge in [0.05, 0.1) is 9.40 Å². The summed E-state index contributed by atoms with van der Waals surface area (Å²) >= 11 is 9.17. The van der Waals surface area contributed by atoms with Crippen molar-refractivity contribution in [3.63, 3.8) is 0 Å². The smallest absolute Gasteiger partial charge is 0.283 e. The van der Waals surface area contributed by atoms with Crippen molar-refractivity contribution in [3.8, 4) is 0 Å². The van der Waals surface area contributed by atoms with Crippen LogP contribution < -0.4 is 5.32 Å². The Bertz CT molecular complexity index is 697. The number of benzene rings is 2. The fourth-order valence-electron chi connectivity index (χ4n) is 1.93. The topological polar surface area (TPSA) is 55.2 Å². The number of hydrogen-bond donors (Lipinski definition) is 1. The van der Waals surface area contributed by atoms with Crippen LogP contribution in [-0.4, -0.2) is 4.92 Å². The summed E-state index contributed by atoms with van der Waals surface area (Å²) in [5, 5.41) is 14.3. The molecule has 110 valence electrons. The summed E-state index contributed by atoms with van der Waals surface area (Å²) in [5.74, 6) is -0.394. The van der Waals surface area contributed by atoms with Gasteiger partial charge in [-0.2, -0.15) is 0 Å². The molecule has 0 radical (unpaired) electrons. The highest BCUT2D eigenvalue weighted by atomic mass is 79.9. The molecule has 1 N–H and O–H groups in total. The molecule has 0 saturated heterocycles. The van der Waals surface area contributed by atoms with Crippen LogP contribution in [0.25, 0.3) is 0 Å². The molecule has 0 fully saturated rings. The predicted octanol–water partition coefficient (Wildman–Crippen LogP) is 5.32. The number of rotatable bonds is 4. The second-order valence-corrected chi connectivity index (χ2v) is 5.72. The Labute approximate surface area is 134 Å². The Morgan fingerprint density at radius 2 is 2.05 bits per heavy atom. The van der Waals surface area contributed by atoms with E-state index in [1.807, 2.05) is 6.92 Å². The van der Waals surface area contributed by atoms with E-state index in [9.17, 15) is 14.5 Å². The highest BCUT2D eigenvalue weighted by Gasteiger charge is 2.14. The van der Waals surface area contributed by atoms with Crippen molar-refractivity contribution in [1.82, 2.24) is 0 Å². The average Bonchev–Trinajstić information content (AvgIpc) is 2.37. The van der Waals surface area contributed by atoms with Crippen LogP contribution in [0.1, 0.15) is 18.5 Å². The van der Waals surface area contributed by atoms with Gasteiger partial charge in [0.15, 0.2) is 0 Å². The third-order valence-electron chi connectivity index (χ3n) is 2.96. The highest BCUT2D eigenvalue weighted by molar-refractivity contribution is 9.10. The lowest BCUT2D eigenvalue weighted by Gasteiger charge is -2.17. The number of nitro benzene ring substituents is 1. The maximum atomic E-state index is 13.0. The Balaban J connectivity index is 2.21. The lowest BCUT2D eigenvalue weighted by molar-refractivity contribution is -0.385. The number of hydrogen-bond acceptors (Lipinski definition) is 3. The first-order valence-electron chi connectivity index (χ1n) is 6.04. The van der Waals surface area contributed by atoms with Crippen molar-refractivity contribution in [2.45, 2.75) is 13.0 Å². The van der Waals surface area contributed by atoms with Gasteiger partial charge in [-0.15, -0.1) is 0 Å². The van der Waals surface area contributed by atoms with Crippen LogP contribution in [0.4, 0.5) is 15.8 Å². The second kappa shape index (κ2) is 6.41. The highest BCUT2D eigenvalue weighted by Crippen LogP contribution is 2.31. The van der Waals surface area contributed by atoms with E-state index in [1.54, 1.807) is 18.2 Å². The van der Waals surface area contributed by atoms with Crippen LogP contribution in [0.3, 0.4) is 0 Å². The molecule has 1 unspecified atom stereocenters. The van der Waals surface area contributed by atoms with Crippen LogP contribution in [0.15, 0.2) is 40.9 Å². The Hall–Kier alpha value is -1.66. The summed E-state index contributed by atoms with van der Waals surface area (Å²) in [6.07, 6.45) is 0. The Morgan fingerprint density at radius 3 is 2.62 bits per heavy atom. The summed E-state index contributed by atoms with van der Waals surface area (Å²) in [4.78, 5) is 10.3. The molecule has 1 atom stereocenters. The van der Waals surface area contributed by atoms with E-state index in [2.05, 4.69) is 21.2 Å². The molecular formula is C14H11BrClFN2O2. The largest absolute Gasteiger partial charge is 0.378 e. The molecule has 2 rings (SSSR count). The summed E-state index contributed by atoms with van der Waals surface area (Å²) in [7, 11) is 0. The second-order valence-electron chi connectivity index (χ2n) is 4.46. The van der Waals surface area contributed by atoms with E-state index in [4.69, 9.17) is 11.6 Å². The molecule has 0 spiro atoms. The molecule has 0 aliphatic rings. The van der Waals surface area contributed by atoms with E-state index in [1.165, 1.54) is 18.2 Å². The minimum atomic E-state index is -0.464. The van der Waals surface area contributed by atoms with Crippen LogP contribution >= 0.6 is 27.5 Å². The van der Waals surface area contributed by atoms with Gasteiger partial charge in [0, 0.05) is 22.8 Å². The molecule has 21 heavy (non-hydrogen) atoms. The SMILES string of the molecule is CC(Nc1ccc([N+](=O)[O-])c(Br)c1)c1ccc(F)cc1Cl. The number of anilines is 1. The zero-order valence-electron chi connectivity index (χ0n) is 10.9. The van der Waals surface area contributed by atoms with E-state index >= 15 is 0 Å². The maximum Gasteiger partial charge on any atom is 0.283 e. The standard InChI is InChI=1S/C14H11BrClFN2O2/c1-8(11-4-2-9(17)6-13(11)16)18-10-3-5-14(19(20)21)12(15)7-10/h2-8,18H,1H3. The van der Waals surface area contributed by atoms with E-state index in [0.29, 0.717) is 15.2 Å². The average molecular weight is 374 g/mol. The third-order valence-corrected chi connectivity index (χ3v) is 3.92.